The van der Waals surface area contributed by atoms with Gasteiger partial charge in [0.05, 0.1) is 6.04 Å². The van der Waals surface area contributed by atoms with E-state index in [1.165, 1.54) is 6.92 Å². The van der Waals surface area contributed by atoms with Crippen molar-refractivity contribution in [2.45, 2.75) is 112 Å². The van der Waals surface area contributed by atoms with Gasteiger partial charge in [0.25, 0.3) is 0 Å². The quantitative estimate of drug-likeness (QED) is 0.426. The van der Waals surface area contributed by atoms with Crippen LogP contribution >= 0.6 is 0 Å². The van der Waals surface area contributed by atoms with Crippen LogP contribution in [0.25, 0.3) is 0 Å². The molecule has 3 aliphatic rings. The molecule has 9 nitrogen and oxygen atoms in total. The fraction of sp³-hybridized carbons (Fsp3) is 0.821. The van der Waals surface area contributed by atoms with Crippen molar-refractivity contribution in [3.05, 3.63) is 0 Å². The molecule has 3 fully saturated rings. The highest BCUT2D eigenvalue weighted by atomic mass is 16.2. The molecule has 37 heavy (non-hydrogen) atoms. The number of hydrogen-bond acceptors (Lipinski definition) is 5. The molecule has 2 unspecified atom stereocenters. The number of Topliss-reactive ketones (excluding diaryl/α,β-unsaturated/α-hetero) is 2. The zero-order valence-electron chi connectivity index (χ0n) is 24.0. The first kappa shape index (κ1) is 29.1. The molecule has 3 N–H and O–H groups in total. The summed E-state index contributed by atoms with van der Waals surface area (Å²) in [5.41, 5.74) is -1.19. The van der Waals surface area contributed by atoms with Gasteiger partial charge in [0.2, 0.25) is 17.6 Å². The third kappa shape index (κ3) is 6.34. The normalized spacial score (nSPS) is 26.3. The molecule has 0 aromatic rings. The number of piperidine rings is 1. The van der Waals surface area contributed by atoms with E-state index in [0.29, 0.717) is 18.9 Å². The molecular formula is C28H46N4O5. The minimum atomic E-state index is -0.873. The maximum atomic E-state index is 13.9. The Labute approximate surface area is 221 Å². The van der Waals surface area contributed by atoms with Gasteiger partial charge in [-0.25, -0.2) is 4.79 Å². The van der Waals surface area contributed by atoms with Crippen molar-refractivity contribution in [2.24, 2.45) is 28.6 Å². The van der Waals surface area contributed by atoms with Gasteiger partial charge in [0, 0.05) is 19.0 Å². The second-order valence-electron chi connectivity index (χ2n) is 14.1. The van der Waals surface area contributed by atoms with E-state index in [0.717, 1.165) is 19.3 Å². The number of amides is 4. The predicted molar refractivity (Wildman–Crippen MR) is 141 cm³/mol. The van der Waals surface area contributed by atoms with Crippen LogP contribution in [0.4, 0.5) is 4.79 Å². The lowest BCUT2D eigenvalue weighted by atomic mass is 9.79. The first-order valence-corrected chi connectivity index (χ1v) is 13.6. The fourth-order valence-electron chi connectivity index (χ4n) is 5.93. The predicted octanol–water partition coefficient (Wildman–Crippen LogP) is 2.81. The van der Waals surface area contributed by atoms with Crippen LogP contribution in [-0.4, -0.2) is 64.5 Å². The van der Waals surface area contributed by atoms with E-state index in [4.69, 9.17) is 0 Å². The Hall–Kier alpha value is -2.45. The summed E-state index contributed by atoms with van der Waals surface area (Å²) in [6.45, 7) is 17.0. The van der Waals surface area contributed by atoms with Gasteiger partial charge in [-0.2, -0.15) is 0 Å². The Morgan fingerprint density at radius 1 is 0.973 bits per heavy atom. The third-order valence-corrected chi connectivity index (χ3v) is 8.41. The molecule has 0 aromatic carbocycles. The van der Waals surface area contributed by atoms with Crippen LogP contribution in [-0.2, 0) is 19.2 Å². The zero-order valence-corrected chi connectivity index (χ0v) is 24.0. The lowest BCUT2D eigenvalue weighted by Gasteiger charge is -2.38. The third-order valence-electron chi connectivity index (χ3n) is 8.41. The maximum Gasteiger partial charge on any atom is 0.315 e. The molecule has 1 saturated heterocycles. The van der Waals surface area contributed by atoms with E-state index < -0.39 is 52.6 Å². The van der Waals surface area contributed by atoms with E-state index >= 15 is 0 Å². The van der Waals surface area contributed by atoms with Crippen molar-refractivity contribution < 1.29 is 24.0 Å². The molecule has 1 heterocycles. The number of rotatable bonds is 8. The molecule has 0 spiro atoms. The Balaban J connectivity index is 1.83. The number of carbonyl (C=O) groups excluding carboxylic acids is 5. The Morgan fingerprint density at radius 3 is 2.03 bits per heavy atom. The van der Waals surface area contributed by atoms with Gasteiger partial charge in [-0.05, 0) is 55.8 Å². The molecule has 9 heteroatoms. The minimum Gasteiger partial charge on any atom is -0.344 e. The van der Waals surface area contributed by atoms with Crippen LogP contribution in [0, 0.1) is 28.6 Å². The topological polar surface area (TPSA) is 125 Å². The molecule has 208 valence electrons. The first-order chi connectivity index (χ1) is 16.8. The van der Waals surface area contributed by atoms with Gasteiger partial charge in [-0.3, -0.25) is 19.2 Å². The first-order valence-electron chi connectivity index (χ1n) is 13.6. The standard InChI is InChI=1S/C28H46N4O5/c1-15(33)21(34)18(13-16-11-10-12-16)29-23(35)20-19-17(28(19,8)9)14-32(20)24(36)22(26(2,3)4)30-25(37)31-27(5,6)7/h16-20,22H,10-14H2,1-9H3,(H,29,35)(H2,30,31,37)/t17?,18-,19?,20+,22-/m1/s1. The summed E-state index contributed by atoms with van der Waals surface area (Å²) in [4.78, 5) is 66.5. The molecule has 0 radical (unpaired) electrons. The van der Waals surface area contributed by atoms with Crippen molar-refractivity contribution >= 4 is 29.4 Å². The SMILES string of the molecule is CC(=O)C(=O)[C@@H](CC1CCC1)NC(=O)[C@@H]1C2C(CN1C(=O)[C@@H](NC(=O)NC(C)(C)C)C(C)(C)C)C2(C)C. The van der Waals surface area contributed by atoms with Crippen molar-refractivity contribution in [1.29, 1.82) is 0 Å². The van der Waals surface area contributed by atoms with E-state index in [1.807, 2.05) is 41.5 Å². The van der Waals surface area contributed by atoms with Crippen molar-refractivity contribution in [3.63, 3.8) is 0 Å². The van der Waals surface area contributed by atoms with Crippen LogP contribution < -0.4 is 16.0 Å². The Bertz CT molecular complexity index is 957. The van der Waals surface area contributed by atoms with Crippen molar-refractivity contribution in [1.82, 2.24) is 20.9 Å². The van der Waals surface area contributed by atoms with Gasteiger partial charge in [0.15, 0.2) is 5.78 Å². The molecule has 0 bridgehead atoms. The summed E-state index contributed by atoms with van der Waals surface area (Å²) in [5, 5.41) is 8.55. The summed E-state index contributed by atoms with van der Waals surface area (Å²) in [6.07, 6.45) is 3.51. The average molecular weight is 519 g/mol. The summed E-state index contributed by atoms with van der Waals surface area (Å²) in [5.74, 6) is -1.44. The number of likely N-dealkylation sites (tertiary alicyclic amines) is 1. The summed E-state index contributed by atoms with van der Waals surface area (Å²) in [7, 11) is 0. The Kier molecular flexibility index (Phi) is 7.89. The highest BCUT2D eigenvalue weighted by Gasteiger charge is 2.70. The van der Waals surface area contributed by atoms with Gasteiger partial charge < -0.3 is 20.9 Å². The highest BCUT2D eigenvalue weighted by Crippen LogP contribution is 2.65. The van der Waals surface area contributed by atoms with Crippen LogP contribution in [0.3, 0.4) is 0 Å². The van der Waals surface area contributed by atoms with Crippen LogP contribution in [0.2, 0.25) is 0 Å². The van der Waals surface area contributed by atoms with Gasteiger partial charge in [-0.15, -0.1) is 0 Å². The number of nitrogens with one attached hydrogen (secondary N) is 3. The Morgan fingerprint density at radius 2 is 1.57 bits per heavy atom. The van der Waals surface area contributed by atoms with Gasteiger partial charge in [0.1, 0.15) is 12.1 Å². The molecule has 2 saturated carbocycles. The van der Waals surface area contributed by atoms with Crippen molar-refractivity contribution in [2.75, 3.05) is 6.54 Å². The number of ketones is 2. The zero-order chi connectivity index (χ0) is 28.1. The molecule has 0 aromatic heterocycles. The second kappa shape index (κ2) is 10.0. The van der Waals surface area contributed by atoms with E-state index in [1.54, 1.807) is 4.90 Å². The summed E-state index contributed by atoms with van der Waals surface area (Å²) >= 11 is 0. The number of urea groups is 1. The summed E-state index contributed by atoms with van der Waals surface area (Å²) < 4.78 is 0. The summed E-state index contributed by atoms with van der Waals surface area (Å²) in [6, 6.07) is -2.93. The van der Waals surface area contributed by atoms with Gasteiger partial charge in [-0.1, -0.05) is 53.9 Å². The van der Waals surface area contributed by atoms with Crippen LogP contribution in [0.1, 0.15) is 88.0 Å². The fourth-order valence-corrected chi connectivity index (χ4v) is 5.93. The molecule has 5 atom stereocenters. The van der Waals surface area contributed by atoms with E-state index in [2.05, 4.69) is 29.8 Å². The minimum absolute atomic E-state index is 0.0442. The molecule has 3 rings (SSSR count). The average Bonchev–Trinajstić information content (AvgIpc) is 3.06. The maximum absolute atomic E-state index is 13.9. The second-order valence-corrected chi connectivity index (χ2v) is 14.1. The smallest absolute Gasteiger partial charge is 0.315 e. The van der Waals surface area contributed by atoms with E-state index in [9.17, 15) is 24.0 Å². The molecule has 4 amide bonds. The number of carbonyl (C=O) groups is 5. The molecule has 1 aliphatic heterocycles. The monoisotopic (exact) mass is 518 g/mol. The van der Waals surface area contributed by atoms with E-state index in [-0.39, 0.29) is 23.2 Å². The number of hydrogen-bond donors (Lipinski definition) is 3. The number of fused-ring (bicyclic) bond motifs is 1. The van der Waals surface area contributed by atoms with Crippen LogP contribution in [0.15, 0.2) is 0 Å². The molecular weight excluding hydrogens is 472 g/mol. The number of nitrogens with zero attached hydrogens (tertiary/aromatic N) is 1. The van der Waals surface area contributed by atoms with Gasteiger partial charge >= 0.3 is 6.03 Å². The lowest BCUT2D eigenvalue weighted by molar-refractivity contribution is -0.145. The van der Waals surface area contributed by atoms with Crippen molar-refractivity contribution in [3.8, 4) is 0 Å². The lowest BCUT2D eigenvalue weighted by Crippen LogP contribution is -2.62. The largest absolute Gasteiger partial charge is 0.344 e. The highest BCUT2D eigenvalue weighted by molar-refractivity contribution is 6.38. The molecule has 2 aliphatic carbocycles. The van der Waals surface area contributed by atoms with Crippen LogP contribution in [0.5, 0.6) is 0 Å².